The summed E-state index contributed by atoms with van der Waals surface area (Å²) in [6.45, 7) is 1.68. The molecule has 0 aliphatic carbocycles. The van der Waals surface area contributed by atoms with Crippen molar-refractivity contribution in [3.05, 3.63) is 59.1 Å². The highest BCUT2D eigenvalue weighted by atomic mass is 35.5. The number of primary amides is 1. The Morgan fingerprint density at radius 3 is 2.19 bits per heavy atom. The Kier molecular flexibility index (Phi) is 6.95. The highest BCUT2D eigenvalue weighted by Crippen LogP contribution is 2.19. The second-order valence-electron chi connectivity index (χ2n) is 5.78. The fourth-order valence-corrected chi connectivity index (χ4v) is 3.98. The van der Waals surface area contributed by atoms with Crippen molar-refractivity contribution in [2.24, 2.45) is 5.73 Å². The number of nitrogens with one attached hydrogen (secondary N) is 1. The first-order valence-electron chi connectivity index (χ1n) is 8.19. The number of halogens is 1. The van der Waals surface area contributed by atoms with Crippen LogP contribution in [0.25, 0.3) is 0 Å². The van der Waals surface area contributed by atoms with E-state index in [9.17, 15) is 18.0 Å². The monoisotopic (exact) mass is 409 g/mol. The van der Waals surface area contributed by atoms with Gasteiger partial charge in [0, 0.05) is 22.8 Å². The van der Waals surface area contributed by atoms with E-state index in [0.717, 1.165) is 4.31 Å². The standard InChI is InChI=1S/C18H20ClN3O4S/c1-2-11-22(27(25,26)16-9-5-14(19)6-10-16)12-17(23)21-15-7-3-13(4-8-15)18(20)24/h3-10H,2,11-12H2,1H3,(H2,20,24)(H,21,23). The van der Waals surface area contributed by atoms with E-state index in [0.29, 0.717) is 22.7 Å². The highest BCUT2D eigenvalue weighted by Gasteiger charge is 2.26. The first kappa shape index (κ1) is 20.9. The molecule has 2 amide bonds. The van der Waals surface area contributed by atoms with Gasteiger partial charge in [-0.2, -0.15) is 4.31 Å². The van der Waals surface area contributed by atoms with E-state index in [1.54, 1.807) is 0 Å². The maximum Gasteiger partial charge on any atom is 0.248 e. The zero-order chi connectivity index (χ0) is 20.0. The summed E-state index contributed by atoms with van der Waals surface area (Å²) in [6, 6.07) is 11.8. The van der Waals surface area contributed by atoms with E-state index >= 15 is 0 Å². The Morgan fingerprint density at radius 2 is 1.67 bits per heavy atom. The fourth-order valence-electron chi connectivity index (χ4n) is 2.37. The van der Waals surface area contributed by atoms with Gasteiger partial charge < -0.3 is 11.1 Å². The van der Waals surface area contributed by atoms with E-state index in [1.165, 1.54) is 48.5 Å². The maximum absolute atomic E-state index is 12.8. The summed E-state index contributed by atoms with van der Waals surface area (Å²) in [7, 11) is -3.83. The zero-order valence-corrected chi connectivity index (χ0v) is 16.3. The number of benzene rings is 2. The minimum absolute atomic E-state index is 0.0685. The van der Waals surface area contributed by atoms with E-state index in [1.807, 2.05) is 6.92 Å². The second kappa shape index (κ2) is 8.98. The Hall–Kier alpha value is -2.42. The number of hydrogen-bond acceptors (Lipinski definition) is 4. The first-order valence-corrected chi connectivity index (χ1v) is 10.0. The fraction of sp³-hybridized carbons (Fsp3) is 0.222. The Morgan fingerprint density at radius 1 is 1.07 bits per heavy atom. The molecule has 144 valence electrons. The molecule has 0 radical (unpaired) electrons. The molecule has 0 spiro atoms. The number of anilines is 1. The van der Waals surface area contributed by atoms with Gasteiger partial charge in [0.15, 0.2) is 0 Å². The molecule has 0 bridgehead atoms. The van der Waals surface area contributed by atoms with Gasteiger partial charge in [-0.3, -0.25) is 9.59 Å². The van der Waals surface area contributed by atoms with Crippen LogP contribution >= 0.6 is 11.6 Å². The third kappa shape index (κ3) is 5.53. The molecule has 2 rings (SSSR count). The third-order valence-electron chi connectivity index (χ3n) is 3.70. The molecule has 0 fully saturated rings. The summed E-state index contributed by atoms with van der Waals surface area (Å²) in [6.07, 6.45) is 0.549. The minimum atomic E-state index is -3.83. The van der Waals surface area contributed by atoms with Gasteiger partial charge in [-0.1, -0.05) is 18.5 Å². The van der Waals surface area contributed by atoms with Gasteiger partial charge in [-0.25, -0.2) is 8.42 Å². The first-order chi connectivity index (χ1) is 12.7. The molecule has 2 aromatic carbocycles. The van der Waals surface area contributed by atoms with Gasteiger partial charge in [-0.05, 0) is 55.0 Å². The number of nitrogens with zero attached hydrogens (tertiary/aromatic N) is 1. The van der Waals surface area contributed by atoms with Gasteiger partial charge in [0.2, 0.25) is 21.8 Å². The van der Waals surface area contributed by atoms with Gasteiger partial charge in [0.1, 0.15) is 0 Å². The number of carbonyl (C=O) groups is 2. The number of hydrogen-bond donors (Lipinski definition) is 2. The van der Waals surface area contributed by atoms with Crippen molar-refractivity contribution in [3.8, 4) is 0 Å². The largest absolute Gasteiger partial charge is 0.366 e. The van der Waals surface area contributed by atoms with Gasteiger partial charge in [-0.15, -0.1) is 0 Å². The van der Waals surface area contributed by atoms with Crippen LogP contribution < -0.4 is 11.1 Å². The van der Waals surface area contributed by atoms with Crippen molar-refractivity contribution >= 4 is 39.1 Å². The molecule has 0 heterocycles. The summed E-state index contributed by atoms with van der Waals surface area (Å²) in [5.74, 6) is -1.07. The van der Waals surface area contributed by atoms with Gasteiger partial charge in [0.25, 0.3) is 0 Å². The van der Waals surface area contributed by atoms with Crippen LogP contribution in [0.3, 0.4) is 0 Å². The van der Waals surface area contributed by atoms with Crippen molar-refractivity contribution in [1.82, 2.24) is 4.31 Å². The molecule has 9 heteroatoms. The van der Waals surface area contributed by atoms with Crippen molar-refractivity contribution in [2.75, 3.05) is 18.4 Å². The van der Waals surface area contributed by atoms with Crippen LogP contribution in [0.2, 0.25) is 5.02 Å². The van der Waals surface area contributed by atoms with Crippen LogP contribution in [-0.2, 0) is 14.8 Å². The predicted octanol–water partition coefficient (Wildman–Crippen LogP) is 2.48. The topological polar surface area (TPSA) is 110 Å². The van der Waals surface area contributed by atoms with E-state index in [2.05, 4.69) is 5.32 Å². The van der Waals surface area contributed by atoms with Gasteiger partial charge >= 0.3 is 0 Å². The molecule has 3 N–H and O–H groups in total. The second-order valence-corrected chi connectivity index (χ2v) is 8.16. The van der Waals surface area contributed by atoms with Crippen molar-refractivity contribution in [2.45, 2.75) is 18.2 Å². The Balaban J connectivity index is 2.13. The maximum atomic E-state index is 12.8. The predicted molar refractivity (Wildman–Crippen MR) is 104 cm³/mol. The van der Waals surface area contributed by atoms with Crippen LogP contribution in [0, 0.1) is 0 Å². The van der Waals surface area contributed by atoms with E-state index in [-0.39, 0.29) is 18.0 Å². The summed E-state index contributed by atoms with van der Waals surface area (Å²) >= 11 is 5.81. The molecule has 0 saturated heterocycles. The average molecular weight is 410 g/mol. The summed E-state index contributed by atoms with van der Waals surface area (Å²) in [4.78, 5) is 23.5. The number of rotatable bonds is 8. The third-order valence-corrected chi connectivity index (χ3v) is 5.81. The molecule has 0 unspecified atom stereocenters. The molecular weight excluding hydrogens is 390 g/mol. The smallest absolute Gasteiger partial charge is 0.248 e. The SMILES string of the molecule is CCCN(CC(=O)Nc1ccc(C(N)=O)cc1)S(=O)(=O)c1ccc(Cl)cc1. The number of sulfonamides is 1. The van der Waals surface area contributed by atoms with Crippen molar-refractivity contribution in [3.63, 3.8) is 0 Å². The summed E-state index contributed by atoms with van der Waals surface area (Å²) in [5, 5.41) is 3.04. The highest BCUT2D eigenvalue weighted by molar-refractivity contribution is 7.89. The number of amides is 2. The average Bonchev–Trinajstić information content (AvgIpc) is 2.62. The number of carbonyl (C=O) groups excluding carboxylic acids is 2. The molecule has 2 aromatic rings. The Labute approximate surface area is 163 Å². The van der Waals surface area contributed by atoms with Crippen molar-refractivity contribution < 1.29 is 18.0 Å². The van der Waals surface area contributed by atoms with Crippen LogP contribution in [-0.4, -0.2) is 37.6 Å². The Bertz CT molecular complexity index is 913. The van der Waals surface area contributed by atoms with E-state index in [4.69, 9.17) is 17.3 Å². The lowest BCUT2D eigenvalue weighted by Crippen LogP contribution is -2.38. The van der Waals surface area contributed by atoms with Crippen LogP contribution in [0.15, 0.2) is 53.4 Å². The van der Waals surface area contributed by atoms with Crippen molar-refractivity contribution in [1.29, 1.82) is 0 Å². The quantitative estimate of drug-likeness (QED) is 0.697. The molecule has 0 atom stereocenters. The lowest BCUT2D eigenvalue weighted by Gasteiger charge is -2.21. The molecule has 7 nitrogen and oxygen atoms in total. The molecule has 27 heavy (non-hydrogen) atoms. The van der Waals surface area contributed by atoms with Crippen LogP contribution in [0.1, 0.15) is 23.7 Å². The molecule has 0 aliphatic rings. The summed E-state index contributed by atoms with van der Waals surface area (Å²) < 4.78 is 26.7. The normalized spacial score (nSPS) is 11.4. The molecular formula is C18H20ClN3O4S. The molecule has 0 saturated carbocycles. The zero-order valence-electron chi connectivity index (χ0n) is 14.7. The van der Waals surface area contributed by atoms with Gasteiger partial charge in [0.05, 0.1) is 11.4 Å². The molecule has 0 aliphatic heterocycles. The van der Waals surface area contributed by atoms with Crippen LogP contribution in [0.4, 0.5) is 5.69 Å². The van der Waals surface area contributed by atoms with Crippen LogP contribution in [0.5, 0.6) is 0 Å². The minimum Gasteiger partial charge on any atom is -0.366 e. The lowest BCUT2D eigenvalue weighted by molar-refractivity contribution is -0.116. The summed E-state index contributed by atoms with van der Waals surface area (Å²) in [5.41, 5.74) is 5.92. The van der Waals surface area contributed by atoms with E-state index < -0.39 is 21.8 Å². The lowest BCUT2D eigenvalue weighted by atomic mass is 10.2. The number of nitrogens with two attached hydrogens (primary N) is 1. The molecule has 0 aromatic heterocycles.